The van der Waals surface area contributed by atoms with E-state index >= 15 is 0 Å². The number of carbonyl (C=O) groups excluding carboxylic acids is 1. The van der Waals surface area contributed by atoms with Gasteiger partial charge in [-0.25, -0.2) is 0 Å². The summed E-state index contributed by atoms with van der Waals surface area (Å²) in [7, 11) is 2.15. The van der Waals surface area contributed by atoms with Gasteiger partial charge in [0.05, 0.1) is 4.88 Å². The molecule has 3 nitrogen and oxygen atoms in total. The van der Waals surface area contributed by atoms with Gasteiger partial charge >= 0.3 is 0 Å². The van der Waals surface area contributed by atoms with Gasteiger partial charge in [-0.3, -0.25) is 4.79 Å². The fourth-order valence-electron chi connectivity index (χ4n) is 3.47. The highest BCUT2D eigenvalue weighted by Crippen LogP contribution is 2.33. The van der Waals surface area contributed by atoms with E-state index in [0.29, 0.717) is 6.04 Å². The largest absolute Gasteiger partial charge is 0.349 e. The molecule has 21 heavy (non-hydrogen) atoms. The molecule has 0 spiro atoms. The van der Waals surface area contributed by atoms with Crippen molar-refractivity contribution in [3.8, 4) is 0 Å². The second-order valence-electron chi connectivity index (χ2n) is 6.63. The van der Waals surface area contributed by atoms with Crippen LogP contribution in [0.1, 0.15) is 52.7 Å². The lowest BCUT2D eigenvalue weighted by Crippen LogP contribution is -2.43. The van der Waals surface area contributed by atoms with Crippen LogP contribution in [0.5, 0.6) is 0 Å². The van der Waals surface area contributed by atoms with Crippen LogP contribution in [0.4, 0.5) is 0 Å². The highest BCUT2D eigenvalue weighted by Gasteiger charge is 2.24. The Morgan fingerprint density at radius 1 is 1.38 bits per heavy atom. The van der Waals surface area contributed by atoms with Crippen molar-refractivity contribution in [3.63, 3.8) is 0 Å². The van der Waals surface area contributed by atoms with E-state index in [-0.39, 0.29) is 5.91 Å². The summed E-state index contributed by atoms with van der Waals surface area (Å²) in [6, 6.07) is 2.52. The number of nitrogens with zero attached hydrogens (tertiary/aromatic N) is 1. The number of hydrogen-bond acceptors (Lipinski definition) is 3. The first-order valence-electron chi connectivity index (χ1n) is 8.26. The van der Waals surface area contributed by atoms with Crippen LogP contribution in [-0.4, -0.2) is 37.0 Å². The molecule has 4 heteroatoms. The Hall–Kier alpha value is -0.870. The molecule has 116 valence electrons. The van der Waals surface area contributed by atoms with Gasteiger partial charge in [0.25, 0.3) is 5.91 Å². The molecule has 0 bridgehead atoms. The maximum Gasteiger partial charge on any atom is 0.261 e. The number of carbonyl (C=O) groups is 1. The first-order valence-corrected chi connectivity index (χ1v) is 9.08. The van der Waals surface area contributed by atoms with Gasteiger partial charge in [0, 0.05) is 10.9 Å². The molecule has 2 aliphatic rings. The van der Waals surface area contributed by atoms with Gasteiger partial charge < -0.3 is 10.2 Å². The number of rotatable bonds is 3. The first-order chi connectivity index (χ1) is 10.2. The van der Waals surface area contributed by atoms with Crippen molar-refractivity contribution >= 4 is 17.2 Å². The van der Waals surface area contributed by atoms with Gasteiger partial charge in [-0.1, -0.05) is 13.3 Å². The standard InChI is InChI=1S/C17H26N2OS/c1-3-12-4-5-15-13(10-12)11-16(21-15)17(20)18-14-6-8-19(2)9-7-14/h11-12,14H,3-10H2,1-2H3,(H,18,20). The lowest BCUT2D eigenvalue weighted by molar-refractivity contribution is 0.0921. The molecule has 1 aliphatic heterocycles. The normalized spacial score (nSPS) is 23.8. The van der Waals surface area contributed by atoms with Gasteiger partial charge in [-0.2, -0.15) is 0 Å². The van der Waals surface area contributed by atoms with Gasteiger partial charge in [-0.15, -0.1) is 11.3 Å². The third kappa shape index (κ3) is 3.49. The van der Waals surface area contributed by atoms with Crippen molar-refractivity contribution in [1.82, 2.24) is 10.2 Å². The zero-order chi connectivity index (χ0) is 14.8. The molecule has 2 heterocycles. The average Bonchev–Trinajstić information content (AvgIpc) is 2.92. The molecule has 1 amide bonds. The van der Waals surface area contributed by atoms with Crippen molar-refractivity contribution in [2.75, 3.05) is 20.1 Å². The molecule has 1 saturated heterocycles. The fourth-order valence-corrected chi connectivity index (χ4v) is 4.58. The van der Waals surface area contributed by atoms with E-state index in [2.05, 4.69) is 30.3 Å². The highest BCUT2D eigenvalue weighted by molar-refractivity contribution is 7.14. The van der Waals surface area contributed by atoms with Crippen LogP contribution in [-0.2, 0) is 12.8 Å². The molecular formula is C17H26N2OS. The maximum absolute atomic E-state index is 12.4. The highest BCUT2D eigenvalue weighted by atomic mass is 32.1. The van der Waals surface area contributed by atoms with Crippen LogP contribution < -0.4 is 5.32 Å². The Morgan fingerprint density at radius 3 is 2.86 bits per heavy atom. The minimum atomic E-state index is 0.150. The van der Waals surface area contributed by atoms with Crippen molar-refractivity contribution in [3.05, 3.63) is 21.4 Å². The van der Waals surface area contributed by atoms with Crippen LogP contribution in [0.2, 0.25) is 0 Å². The van der Waals surface area contributed by atoms with E-state index in [0.717, 1.165) is 36.7 Å². The number of likely N-dealkylation sites (tertiary alicyclic amines) is 1. The zero-order valence-corrected chi connectivity index (χ0v) is 14.0. The summed E-state index contributed by atoms with van der Waals surface area (Å²) in [5.41, 5.74) is 1.44. The topological polar surface area (TPSA) is 32.3 Å². The second kappa shape index (κ2) is 6.49. The monoisotopic (exact) mass is 306 g/mol. The molecule has 0 saturated carbocycles. The number of thiophene rings is 1. The van der Waals surface area contributed by atoms with Gasteiger partial charge in [0.15, 0.2) is 0 Å². The van der Waals surface area contributed by atoms with Crippen molar-refractivity contribution < 1.29 is 4.79 Å². The van der Waals surface area contributed by atoms with Gasteiger partial charge in [-0.05, 0) is 69.8 Å². The summed E-state index contributed by atoms with van der Waals surface area (Å²) in [5.74, 6) is 0.967. The van der Waals surface area contributed by atoms with E-state index in [1.807, 2.05) is 0 Å². The lowest BCUT2D eigenvalue weighted by atomic mass is 9.87. The third-order valence-corrected chi connectivity index (χ3v) is 6.28. The predicted octanol–water partition coefficient (Wildman–Crippen LogP) is 3.09. The molecule has 1 aliphatic carbocycles. The van der Waals surface area contributed by atoms with Gasteiger partial charge in [0.2, 0.25) is 0 Å². The number of piperidine rings is 1. The third-order valence-electron chi connectivity index (χ3n) is 5.04. The van der Waals surface area contributed by atoms with Crippen LogP contribution in [0.3, 0.4) is 0 Å². The quantitative estimate of drug-likeness (QED) is 0.931. The SMILES string of the molecule is CCC1CCc2sc(C(=O)NC3CCN(C)CC3)cc2C1. The Bertz CT molecular complexity index is 503. The molecule has 0 radical (unpaired) electrons. The maximum atomic E-state index is 12.4. The number of amides is 1. The zero-order valence-electron chi connectivity index (χ0n) is 13.2. The molecular weight excluding hydrogens is 280 g/mol. The first kappa shape index (κ1) is 15.0. The van der Waals surface area contributed by atoms with Gasteiger partial charge in [0.1, 0.15) is 0 Å². The van der Waals surface area contributed by atoms with Crippen LogP contribution in [0, 0.1) is 5.92 Å². The molecule has 0 aromatic carbocycles. The average molecular weight is 306 g/mol. The molecule has 1 unspecified atom stereocenters. The van der Waals surface area contributed by atoms with E-state index in [4.69, 9.17) is 0 Å². The van der Waals surface area contributed by atoms with Crippen LogP contribution in [0.25, 0.3) is 0 Å². The summed E-state index contributed by atoms with van der Waals surface area (Å²) in [5, 5.41) is 3.23. The minimum absolute atomic E-state index is 0.150. The second-order valence-corrected chi connectivity index (χ2v) is 7.76. The summed E-state index contributed by atoms with van der Waals surface area (Å²) in [4.78, 5) is 17.2. The number of fused-ring (bicyclic) bond motifs is 1. The van der Waals surface area contributed by atoms with E-state index < -0.39 is 0 Å². The smallest absolute Gasteiger partial charge is 0.261 e. The molecule has 1 aromatic heterocycles. The minimum Gasteiger partial charge on any atom is -0.349 e. The number of aryl methyl sites for hydroxylation is 1. The summed E-state index contributed by atoms with van der Waals surface area (Å²) >= 11 is 1.72. The Kier molecular flexibility index (Phi) is 4.65. The number of hydrogen-bond donors (Lipinski definition) is 1. The van der Waals surface area contributed by atoms with Crippen LogP contribution in [0.15, 0.2) is 6.07 Å². The Morgan fingerprint density at radius 2 is 2.14 bits per heavy atom. The van der Waals surface area contributed by atoms with Crippen molar-refractivity contribution in [1.29, 1.82) is 0 Å². The summed E-state index contributed by atoms with van der Waals surface area (Å²) in [6.07, 6.45) is 7.03. The molecule has 1 aromatic rings. The molecule has 1 atom stereocenters. The van der Waals surface area contributed by atoms with Crippen molar-refractivity contribution in [2.24, 2.45) is 5.92 Å². The van der Waals surface area contributed by atoms with E-state index in [1.165, 1.54) is 36.1 Å². The number of nitrogens with one attached hydrogen (secondary N) is 1. The lowest BCUT2D eigenvalue weighted by Gasteiger charge is -2.29. The Balaban J connectivity index is 1.62. The van der Waals surface area contributed by atoms with E-state index in [9.17, 15) is 4.79 Å². The molecule has 1 N–H and O–H groups in total. The summed E-state index contributed by atoms with van der Waals surface area (Å²) < 4.78 is 0. The van der Waals surface area contributed by atoms with Crippen LogP contribution >= 0.6 is 11.3 Å². The fraction of sp³-hybridized carbons (Fsp3) is 0.706. The molecule has 3 rings (SSSR count). The molecule has 1 fully saturated rings. The predicted molar refractivity (Wildman–Crippen MR) is 88.1 cm³/mol. The summed E-state index contributed by atoms with van der Waals surface area (Å²) in [6.45, 7) is 4.45. The van der Waals surface area contributed by atoms with Crippen molar-refractivity contribution in [2.45, 2.75) is 51.5 Å². The van der Waals surface area contributed by atoms with E-state index in [1.54, 1.807) is 11.3 Å². The Labute approximate surface area is 131 Å².